The minimum Gasteiger partial charge on any atom is -0.394 e. The van der Waals surface area contributed by atoms with Gasteiger partial charge in [0.05, 0.1) is 18.8 Å². The molecule has 1 saturated heterocycles. The highest BCUT2D eigenvalue weighted by molar-refractivity contribution is 5.03. The zero-order chi connectivity index (χ0) is 18.0. The van der Waals surface area contributed by atoms with Gasteiger partial charge in [-0.25, -0.2) is 4.79 Å². The number of methoxy groups -OCH3 is 1. The largest absolute Gasteiger partial charge is 0.394 e. The number of aromatic nitrogens is 2. The second kappa shape index (κ2) is 7.58. The molecule has 1 aromatic rings. The zero-order valence-corrected chi connectivity index (χ0v) is 14.1. The highest BCUT2D eigenvalue weighted by Crippen LogP contribution is 2.32. The van der Waals surface area contributed by atoms with E-state index in [4.69, 9.17) is 14.2 Å². The van der Waals surface area contributed by atoms with Crippen LogP contribution in [0.4, 0.5) is 0 Å². The third kappa shape index (κ3) is 3.60. The Kier molecular flexibility index (Phi) is 5.94. The van der Waals surface area contributed by atoms with Crippen LogP contribution in [0.15, 0.2) is 15.8 Å². The first-order valence-corrected chi connectivity index (χ1v) is 7.74. The van der Waals surface area contributed by atoms with E-state index in [1.165, 1.54) is 13.3 Å². The summed E-state index contributed by atoms with van der Waals surface area (Å²) < 4.78 is 17.8. The molecule has 3 N–H and O–H groups in total. The van der Waals surface area contributed by atoms with E-state index in [1.54, 1.807) is 13.8 Å². The number of aryl methyl sites for hydroxylation is 1. The number of hydrogen-bond acceptors (Lipinski definition) is 7. The van der Waals surface area contributed by atoms with Gasteiger partial charge in [0.2, 0.25) is 0 Å². The van der Waals surface area contributed by atoms with E-state index < -0.39 is 48.5 Å². The number of aliphatic hydroxyl groups excluding tert-OH is 2. The van der Waals surface area contributed by atoms with Crippen LogP contribution in [0.25, 0.3) is 0 Å². The molecule has 0 aromatic carbocycles. The molecule has 2 rings (SSSR count). The van der Waals surface area contributed by atoms with Gasteiger partial charge in [-0.2, -0.15) is 0 Å². The normalized spacial score (nSPS) is 29.6. The van der Waals surface area contributed by atoms with Crippen molar-refractivity contribution in [2.24, 2.45) is 0 Å². The quantitative estimate of drug-likeness (QED) is 0.599. The first-order chi connectivity index (χ1) is 11.3. The summed E-state index contributed by atoms with van der Waals surface area (Å²) >= 11 is 0. The molecule has 136 valence electrons. The van der Waals surface area contributed by atoms with E-state index in [-0.39, 0.29) is 6.10 Å². The highest BCUT2D eigenvalue weighted by Gasteiger charge is 2.46. The summed E-state index contributed by atoms with van der Waals surface area (Å²) in [4.78, 5) is 25.8. The van der Waals surface area contributed by atoms with Crippen LogP contribution in [0.2, 0.25) is 0 Å². The summed E-state index contributed by atoms with van der Waals surface area (Å²) in [5.74, 6) is 0. The molecular formula is C15H24N2O7. The number of hydrogen-bond donors (Lipinski definition) is 3. The van der Waals surface area contributed by atoms with Crippen molar-refractivity contribution in [3.63, 3.8) is 0 Å². The Labute approximate surface area is 138 Å². The molecule has 0 bridgehead atoms. The third-order valence-corrected chi connectivity index (χ3v) is 4.32. The summed E-state index contributed by atoms with van der Waals surface area (Å²) in [7, 11) is 1.54. The molecule has 0 saturated carbocycles. The molecule has 6 atom stereocenters. The van der Waals surface area contributed by atoms with Gasteiger partial charge in [-0.3, -0.25) is 14.3 Å². The Balaban J connectivity index is 2.36. The van der Waals surface area contributed by atoms with Crippen molar-refractivity contribution in [1.29, 1.82) is 0 Å². The Morgan fingerprint density at radius 2 is 2.04 bits per heavy atom. The molecule has 1 unspecified atom stereocenters. The number of nitrogens with one attached hydrogen (secondary N) is 1. The number of ether oxygens (including phenoxy) is 3. The van der Waals surface area contributed by atoms with Crippen molar-refractivity contribution in [3.05, 3.63) is 32.6 Å². The summed E-state index contributed by atoms with van der Waals surface area (Å²) in [5, 5.41) is 19.7. The van der Waals surface area contributed by atoms with Crippen LogP contribution in [0.1, 0.15) is 25.6 Å². The van der Waals surface area contributed by atoms with E-state index in [2.05, 4.69) is 4.98 Å². The van der Waals surface area contributed by atoms with Crippen LogP contribution < -0.4 is 11.2 Å². The molecule has 9 nitrogen and oxygen atoms in total. The van der Waals surface area contributed by atoms with Crippen LogP contribution in [0.3, 0.4) is 0 Å². The van der Waals surface area contributed by atoms with Gasteiger partial charge in [0.15, 0.2) is 6.23 Å². The van der Waals surface area contributed by atoms with Gasteiger partial charge in [-0.05, 0) is 20.8 Å². The van der Waals surface area contributed by atoms with Crippen molar-refractivity contribution in [2.75, 3.05) is 13.7 Å². The molecule has 1 aliphatic rings. The number of aliphatic hydroxyl groups is 2. The molecule has 1 fully saturated rings. The van der Waals surface area contributed by atoms with E-state index in [1.807, 2.05) is 6.92 Å². The highest BCUT2D eigenvalue weighted by atomic mass is 16.6. The third-order valence-electron chi connectivity index (χ3n) is 4.32. The molecule has 0 spiro atoms. The van der Waals surface area contributed by atoms with Crippen molar-refractivity contribution < 1.29 is 24.4 Å². The molecule has 9 heteroatoms. The number of H-pyrrole nitrogens is 1. The van der Waals surface area contributed by atoms with Gasteiger partial charge in [0.1, 0.15) is 18.3 Å². The molecule has 24 heavy (non-hydrogen) atoms. The van der Waals surface area contributed by atoms with Crippen molar-refractivity contribution in [3.8, 4) is 0 Å². The molecule has 2 heterocycles. The standard InChI is InChI=1S/C15H24N2O7/c1-7-5-17(15(21)16-13(7)20)14-12(11(19)10(6-18)24-14)23-9(3)8(2)22-4/h5,8-12,14,18-19H,6H2,1-4H3,(H,16,20,21)/t8-,9+,10+,11-,12?,14+/m0/s1. The van der Waals surface area contributed by atoms with Crippen LogP contribution >= 0.6 is 0 Å². The summed E-state index contributed by atoms with van der Waals surface area (Å²) in [6.45, 7) is 4.70. The summed E-state index contributed by atoms with van der Waals surface area (Å²) in [6, 6.07) is 0. The fraction of sp³-hybridized carbons (Fsp3) is 0.733. The average Bonchev–Trinajstić information content (AvgIpc) is 2.86. The lowest BCUT2D eigenvalue weighted by molar-refractivity contribution is -0.130. The van der Waals surface area contributed by atoms with Gasteiger partial charge in [-0.1, -0.05) is 0 Å². The number of rotatable bonds is 6. The minimum absolute atomic E-state index is 0.250. The fourth-order valence-corrected chi connectivity index (χ4v) is 2.57. The Hall–Kier alpha value is -1.52. The van der Waals surface area contributed by atoms with Crippen molar-refractivity contribution >= 4 is 0 Å². The SMILES string of the molecule is CO[C@@H](C)[C@@H](C)OC1[C@@H](O)[C@@H](CO)O[C@H]1n1cc(C)c(=O)[nH]c1=O. The monoisotopic (exact) mass is 344 g/mol. The van der Waals surface area contributed by atoms with Crippen LogP contribution in [0.5, 0.6) is 0 Å². The number of aromatic amines is 1. The van der Waals surface area contributed by atoms with Crippen LogP contribution in [0, 0.1) is 6.92 Å². The fourth-order valence-electron chi connectivity index (χ4n) is 2.57. The van der Waals surface area contributed by atoms with Gasteiger partial charge in [-0.15, -0.1) is 0 Å². The maximum absolute atomic E-state index is 12.1. The van der Waals surface area contributed by atoms with Crippen molar-refractivity contribution in [1.82, 2.24) is 9.55 Å². The Morgan fingerprint density at radius 3 is 2.62 bits per heavy atom. The molecule has 1 aliphatic heterocycles. The van der Waals surface area contributed by atoms with E-state index in [9.17, 15) is 19.8 Å². The van der Waals surface area contributed by atoms with E-state index in [0.29, 0.717) is 5.56 Å². The first-order valence-electron chi connectivity index (χ1n) is 7.74. The lowest BCUT2D eigenvalue weighted by Gasteiger charge is -2.28. The van der Waals surface area contributed by atoms with Gasteiger partial charge in [0.25, 0.3) is 5.56 Å². The van der Waals surface area contributed by atoms with E-state index >= 15 is 0 Å². The predicted octanol–water partition coefficient (Wildman–Crippen LogP) is -1.10. The average molecular weight is 344 g/mol. The second-order valence-corrected chi connectivity index (χ2v) is 5.96. The molecule has 1 aromatic heterocycles. The maximum Gasteiger partial charge on any atom is 0.330 e. The Bertz CT molecular complexity index is 671. The smallest absolute Gasteiger partial charge is 0.330 e. The van der Waals surface area contributed by atoms with Crippen molar-refractivity contribution in [2.45, 2.75) is 57.5 Å². The maximum atomic E-state index is 12.1. The second-order valence-electron chi connectivity index (χ2n) is 5.96. The summed E-state index contributed by atoms with van der Waals surface area (Å²) in [5.41, 5.74) is -0.855. The topological polar surface area (TPSA) is 123 Å². The zero-order valence-electron chi connectivity index (χ0n) is 14.1. The molecule has 0 amide bonds. The predicted molar refractivity (Wildman–Crippen MR) is 83.9 cm³/mol. The number of nitrogens with zero attached hydrogens (tertiary/aromatic N) is 1. The lowest BCUT2D eigenvalue weighted by atomic mass is 10.1. The molecular weight excluding hydrogens is 320 g/mol. The van der Waals surface area contributed by atoms with Crippen LogP contribution in [-0.4, -0.2) is 64.0 Å². The van der Waals surface area contributed by atoms with Gasteiger partial charge >= 0.3 is 5.69 Å². The first kappa shape index (κ1) is 18.8. The molecule has 0 aliphatic carbocycles. The van der Waals surface area contributed by atoms with Crippen LogP contribution in [-0.2, 0) is 14.2 Å². The van der Waals surface area contributed by atoms with Gasteiger partial charge < -0.3 is 24.4 Å². The summed E-state index contributed by atoms with van der Waals surface area (Å²) in [6.07, 6.45) is -3.21. The van der Waals surface area contributed by atoms with Gasteiger partial charge in [0, 0.05) is 18.9 Å². The van der Waals surface area contributed by atoms with E-state index in [0.717, 1.165) is 4.57 Å². The lowest BCUT2D eigenvalue weighted by Crippen LogP contribution is -2.43. The minimum atomic E-state index is -1.13. The Morgan fingerprint density at radius 1 is 1.38 bits per heavy atom. The molecule has 0 radical (unpaired) electrons.